The summed E-state index contributed by atoms with van der Waals surface area (Å²) in [6.07, 6.45) is 3.83. The first-order valence-electron chi connectivity index (χ1n) is 10.6. The minimum Gasteiger partial charge on any atom is -0.490 e. The van der Waals surface area contributed by atoms with E-state index in [1.165, 1.54) is 14.2 Å². The number of methoxy groups -OCH3 is 2. The molecule has 7 nitrogen and oxygen atoms in total. The summed E-state index contributed by atoms with van der Waals surface area (Å²) >= 11 is 0. The minimum atomic E-state index is -0.919. The number of hydrogen-bond donors (Lipinski definition) is 0. The number of fused-ring (bicyclic) bond motifs is 2. The van der Waals surface area contributed by atoms with Gasteiger partial charge in [0.05, 0.1) is 30.1 Å². The fourth-order valence-electron chi connectivity index (χ4n) is 5.27. The van der Waals surface area contributed by atoms with Gasteiger partial charge in [-0.25, -0.2) is 0 Å². The Hall–Kier alpha value is -4.00. The number of hydrogen-bond acceptors (Lipinski definition) is 6. The summed E-state index contributed by atoms with van der Waals surface area (Å²) in [4.78, 5) is 13.4. The van der Waals surface area contributed by atoms with Gasteiger partial charge in [0.25, 0.3) is 0 Å². The second-order valence-electron chi connectivity index (χ2n) is 8.33. The molecule has 2 aliphatic heterocycles. The van der Waals surface area contributed by atoms with Crippen molar-refractivity contribution in [2.24, 2.45) is 0 Å². The summed E-state index contributed by atoms with van der Waals surface area (Å²) in [5.74, 6) is 0.652. The molecule has 0 aromatic heterocycles. The monoisotopic (exact) mass is 444 g/mol. The van der Waals surface area contributed by atoms with Gasteiger partial charge in [0.1, 0.15) is 5.75 Å². The Bertz CT molecular complexity index is 1290. The number of rotatable bonds is 4. The quantitative estimate of drug-likeness (QED) is 0.408. The molecule has 0 fully saturated rings. The maximum absolute atomic E-state index is 11.8. The van der Waals surface area contributed by atoms with Gasteiger partial charge in [-0.05, 0) is 36.3 Å². The number of likely N-dealkylation sites (N-methyl/N-ethyl adjacent to an activating group) is 1. The van der Waals surface area contributed by atoms with Crippen molar-refractivity contribution >= 4 is 17.5 Å². The van der Waals surface area contributed by atoms with Gasteiger partial charge in [0.15, 0.2) is 0 Å². The second kappa shape index (κ2) is 7.27. The average Bonchev–Trinajstić information content (AvgIpc) is 3.03. The topological polar surface area (TPSA) is 74.1 Å². The van der Waals surface area contributed by atoms with Crippen LogP contribution in [0.1, 0.15) is 23.6 Å². The van der Waals surface area contributed by atoms with Crippen molar-refractivity contribution in [1.82, 2.24) is 0 Å². The Balaban J connectivity index is 1.78. The lowest BCUT2D eigenvalue weighted by Gasteiger charge is -2.47. The van der Waals surface area contributed by atoms with Crippen LogP contribution in [0.15, 0.2) is 66.7 Å². The summed E-state index contributed by atoms with van der Waals surface area (Å²) in [5.41, 5.74) is 2.07. The molecule has 0 saturated heterocycles. The zero-order valence-corrected chi connectivity index (χ0v) is 18.9. The fourth-order valence-corrected chi connectivity index (χ4v) is 5.27. The molecule has 0 bridgehead atoms. The highest BCUT2D eigenvalue weighted by Gasteiger charge is 2.61. The zero-order valence-electron chi connectivity index (χ0n) is 18.9. The molecular weight excluding hydrogens is 420 g/mol. The number of nitrogens with zero attached hydrogens (tertiary/aromatic N) is 2. The first kappa shape index (κ1) is 20.9. The van der Waals surface area contributed by atoms with Crippen LogP contribution in [-0.4, -0.2) is 31.9 Å². The van der Waals surface area contributed by atoms with E-state index in [2.05, 4.69) is 36.1 Å². The predicted octanol–water partition coefficient (Wildman–Crippen LogP) is 5.17. The highest BCUT2D eigenvalue weighted by atomic mass is 16.6. The summed E-state index contributed by atoms with van der Waals surface area (Å²) < 4.78 is 17.6. The van der Waals surface area contributed by atoms with Gasteiger partial charge in [-0.1, -0.05) is 48.5 Å². The van der Waals surface area contributed by atoms with E-state index in [4.69, 9.17) is 14.2 Å². The van der Waals surface area contributed by atoms with Gasteiger partial charge in [-0.15, -0.1) is 0 Å². The fraction of sp³-hybridized carbons (Fsp3) is 0.231. The molecule has 0 amide bonds. The van der Waals surface area contributed by atoms with Crippen LogP contribution >= 0.6 is 0 Å². The highest BCUT2D eigenvalue weighted by Crippen LogP contribution is 2.59. The maximum Gasteiger partial charge on any atom is 0.353 e. The molecule has 0 aliphatic carbocycles. The molecule has 2 heterocycles. The van der Waals surface area contributed by atoms with Crippen molar-refractivity contribution in [2.45, 2.75) is 18.1 Å². The van der Waals surface area contributed by atoms with Crippen molar-refractivity contribution < 1.29 is 19.1 Å². The Morgan fingerprint density at radius 3 is 2.39 bits per heavy atom. The molecule has 0 saturated carbocycles. The SMILES string of the molecule is COc1cc2c(c(OC)c1[N+](=O)[O-])C=CC1(O2)N(C)c2ccccc2C1(C)c1ccccc1. The molecule has 0 radical (unpaired) electrons. The van der Waals surface area contributed by atoms with E-state index in [1.54, 1.807) is 6.07 Å². The minimum absolute atomic E-state index is 0.0839. The average molecular weight is 444 g/mol. The van der Waals surface area contributed by atoms with Crippen molar-refractivity contribution in [2.75, 3.05) is 26.2 Å². The number of anilines is 1. The van der Waals surface area contributed by atoms with E-state index in [1.807, 2.05) is 49.5 Å². The smallest absolute Gasteiger partial charge is 0.353 e. The van der Waals surface area contributed by atoms with E-state index in [0.717, 1.165) is 16.8 Å². The lowest BCUT2D eigenvalue weighted by molar-refractivity contribution is -0.386. The van der Waals surface area contributed by atoms with E-state index >= 15 is 0 Å². The molecule has 0 N–H and O–H groups in total. The summed E-state index contributed by atoms with van der Waals surface area (Å²) in [6.45, 7) is 2.17. The number of para-hydroxylation sites is 1. The standard InChI is InChI=1S/C26H24N2O5/c1-25(17-10-6-5-7-11-17)19-12-8-9-13-20(19)27(2)26(25)15-14-18-21(33-26)16-22(31-3)23(28(29)30)24(18)32-4/h5-16H,1-4H3. The zero-order chi connectivity index (χ0) is 23.4. The van der Waals surface area contributed by atoms with Crippen molar-refractivity contribution in [3.63, 3.8) is 0 Å². The van der Waals surface area contributed by atoms with E-state index in [0.29, 0.717) is 11.3 Å². The maximum atomic E-state index is 11.8. The van der Waals surface area contributed by atoms with Crippen LogP contribution in [0.4, 0.5) is 11.4 Å². The highest BCUT2D eigenvalue weighted by molar-refractivity contribution is 5.80. The van der Waals surface area contributed by atoms with Crippen LogP contribution in [0.5, 0.6) is 17.2 Å². The molecule has 2 unspecified atom stereocenters. The van der Waals surface area contributed by atoms with Gasteiger partial charge in [-0.2, -0.15) is 0 Å². The van der Waals surface area contributed by atoms with E-state index < -0.39 is 16.1 Å². The third kappa shape index (κ3) is 2.62. The molecule has 3 aromatic rings. The summed E-state index contributed by atoms with van der Waals surface area (Å²) in [7, 11) is 4.81. The number of nitro groups is 1. The Morgan fingerprint density at radius 2 is 1.73 bits per heavy atom. The molecule has 1 spiro atoms. The molecule has 7 heteroatoms. The Morgan fingerprint density at radius 1 is 1.03 bits per heavy atom. The first-order valence-corrected chi connectivity index (χ1v) is 10.6. The molecule has 2 aliphatic rings. The normalized spacial score (nSPS) is 22.5. The summed E-state index contributed by atoms with van der Waals surface area (Å²) in [5, 5.41) is 11.8. The van der Waals surface area contributed by atoms with Gasteiger partial charge in [-0.3, -0.25) is 10.1 Å². The molecular formula is C26H24N2O5. The lowest BCUT2D eigenvalue weighted by Crippen LogP contribution is -2.59. The van der Waals surface area contributed by atoms with Gasteiger partial charge in [0.2, 0.25) is 17.2 Å². The van der Waals surface area contributed by atoms with Crippen LogP contribution in [0.3, 0.4) is 0 Å². The molecule has 2 atom stereocenters. The molecule has 33 heavy (non-hydrogen) atoms. The van der Waals surface area contributed by atoms with Crippen molar-refractivity contribution in [3.05, 3.63) is 93.5 Å². The van der Waals surface area contributed by atoms with Crippen LogP contribution < -0.4 is 19.1 Å². The lowest BCUT2D eigenvalue weighted by atomic mass is 9.69. The van der Waals surface area contributed by atoms with E-state index in [9.17, 15) is 10.1 Å². The van der Waals surface area contributed by atoms with Crippen LogP contribution in [0.2, 0.25) is 0 Å². The van der Waals surface area contributed by atoms with Crippen molar-refractivity contribution in [1.29, 1.82) is 0 Å². The largest absolute Gasteiger partial charge is 0.490 e. The first-order chi connectivity index (χ1) is 15.9. The van der Waals surface area contributed by atoms with Gasteiger partial charge < -0.3 is 19.1 Å². The number of nitro benzene ring substituents is 1. The van der Waals surface area contributed by atoms with Gasteiger partial charge >= 0.3 is 5.69 Å². The Kier molecular flexibility index (Phi) is 4.60. The molecule has 168 valence electrons. The van der Waals surface area contributed by atoms with Gasteiger partial charge in [0, 0.05) is 18.8 Å². The van der Waals surface area contributed by atoms with Crippen LogP contribution in [0.25, 0.3) is 6.08 Å². The second-order valence-corrected chi connectivity index (χ2v) is 8.33. The van der Waals surface area contributed by atoms with Crippen LogP contribution in [-0.2, 0) is 5.41 Å². The predicted molar refractivity (Wildman–Crippen MR) is 126 cm³/mol. The van der Waals surface area contributed by atoms with E-state index in [-0.39, 0.29) is 17.2 Å². The third-order valence-electron chi connectivity index (χ3n) is 6.94. The van der Waals surface area contributed by atoms with Crippen molar-refractivity contribution in [3.8, 4) is 17.2 Å². The summed E-state index contributed by atoms with van der Waals surface area (Å²) in [6, 6.07) is 20.0. The Labute approximate surface area is 192 Å². The third-order valence-corrected chi connectivity index (χ3v) is 6.94. The van der Waals surface area contributed by atoms with Crippen LogP contribution in [0, 0.1) is 10.1 Å². The molecule has 3 aromatic carbocycles. The molecule has 5 rings (SSSR count). The number of benzene rings is 3. The number of ether oxygens (including phenoxy) is 3.